The van der Waals surface area contributed by atoms with Crippen LogP contribution >= 0.6 is 0 Å². The van der Waals surface area contributed by atoms with Crippen LogP contribution in [0.4, 0.5) is 4.39 Å². The Labute approximate surface area is 105 Å². The van der Waals surface area contributed by atoms with Gasteiger partial charge in [-0.25, -0.2) is 9.37 Å². The molecule has 0 aliphatic rings. The van der Waals surface area contributed by atoms with Gasteiger partial charge in [0.25, 0.3) is 0 Å². The van der Waals surface area contributed by atoms with Crippen molar-refractivity contribution in [3.05, 3.63) is 53.0 Å². The van der Waals surface area contributed by atoms with Crippen molar-refractivity contribution >= 4 is 0 Å². The first kappa shape index (κ1) is 12.5. The smallest absolute Gasteiger partial charge is 0.223 e. The van der Waals surface area contributed by atoms with E-state index >= 15 is 0 Å². The van der Waals surface area contributed by atoms with Gasteiger partial charge in [-0.05, 0) is 37.1 Å². The molecule has 2 rings (SSSR count). The summed E-state index contributed by atoms with van der Waals surface area (Å²) in [5, 5.41) is 0. The molecule has 18 heavy (non-hydrogen) atoms. The lowest BCUT2D eigenvalue weighted by molar-refractivity contribution is 0.448. The molecule has 1 aromatic heterocycles. The molecule has 94 valence electrons. The average Bonchev–Trinajstić information content (AvgIpc) is 2.36. The zero-order valence-electron chi connectivity index (χ0n) is 10.4. The molecule has 0 radical (unpaired) electrons. The van der Waals surface area contributed by atoms with Gasteiger partial charge in [-0.1, -0.05) is 12.1 Å². The predicted octanol–water partition coefficient (Wildman–Crippen LogP) is 3.09. The summed E-state index contributed by atoms with van der Waals surface area (Å²) in [6, 6.07) is 7.23. The maximum atomic E-state index is 13.0. The highest BCUT2D eigenvalue weighted by atomic mass is 19.1. The molecule has 0 atom stereocenters. The number of ether oxygens (including phenoxy) is 1. The zero-order valence-corrected chi connectivity index (χ0v) is 10.4. The van der Waals surface area contributed by atoms with Crippen LogP contribution in [0.15, 0.2) is 30.5 Å². The maximum Gasteiger partial charge on any atom is 0.223 e. The molecule has 0 aliphatic heterocycles. The fourth-order valence-electron chi connectivity index (χ4n) is 1.63. The Morgan fingerprint density at radius 3 is 2.78 bits per heavy atom. The van der Waals surface area contributed by atoms with Gasteiger partial charge in [0.05, 0.1) is 6.20 Å². The monoisotopic (exact) mass is 246 g/mol. The van der Waals surface area contributed by atoms with E-state index in [2.05, 4.69) is 4.98 Å². The molecular formula is C14H15FN2O. The minimum Gasteiger partial charge on any atom is -0.438 e. The Bertz CT molecular complexity index is 570. The van der Waals surface area contributed by atoms with Crippen LogP contribution in [0.1, 0.15) is 16.7 Å². The second kappa shape index (κ2) is 5.14. The molecule has 0 saturated carbocycles. The number of hydrogen-bond donors (Lipinski definition) is 1. The van der Waals surface area contributed by atoms with E-state index in [4.69, 9.17) is 10.5 Å². The molecule has 1 heterocycles. The maximum absolute atomic E-state index is 13.0. The molecule has 1 aromatic carbocycles. The van der Waals surface area contributed by atoms with Gasteiger partial charge in [0.15, 0.2) is 0 Å². The van der Waals surface area contributed by atoms with E-state index in [0.717, 1.165) is 17.3 Å². The molecule has 0 saturated heterocycles. The predicted molar refractivity (Wildman–Crippen MR) is 68.1 cm³/mol. The molecule has 0 aliphatic carbocycles. The van der Waals surface area contributed by atoms with Crippen molar-refractivity contribution in [3.8, 4) is 11.6 Å². The molecule has 3 nitrogen and oxygen atoms in total. The summed E-state index contributed by atoms with van der Waals surface area (Å²) in [4.78, 5) is 3.94. The number of benzene rings is 1. The van der Waals surface area contributed by atoms with Crippen LogP contribution in [0.2, 0.25) is 0 Å². The summed E-state index contributed by atoms with van der Waals surface area (Å²) in [7, 11) is 0. The summed E-state index contributed by atoms with van der Waals surface area (Å²) >= 11 is 0. The molecule has 2 N–H and O–H groups in total. The van der Waals surface area contributed by atoms with Crippen molar-refractivity contribution < 1.29 is 9.13 Å². The van der Waals surface area contributed by atoms with Crippen LogP contribution in [-0.4, -0.2) is 4.98 Å². The van der Waals surface area contributed by atoms with E-state index in [1.54, 1.807) is 0 Å². The van der Waals surface area contributed by atoms with Gasteiger partial charge in [-0.2, -0.15) is 0 Å². The minimum atomic E-state index is -0.413. The topological polar surface area (TPSA) is 48.1 Å². The number of nitrogens with zero attached hydrogens (tertiary/aromatic N) is 1. The molecule has 0 amide bonds. The third kappa shape index (κ3) is 2.65. The SMILES string of the molecule is Cc1ccc(C)c(Oc2ncc(F)cc2CN)c1. The van der Waals surface area contributed by atoms with Gasteiger partial charge in [0.2, 0.25) is 5.88 Å². The van der Waals surface area contributed by atoms with Crippen LogP contribution in [0.25, 0.3) is 0 Å². The average molecular weight is 246 g/mol. The second-order valence-electron chi connectivity index (χ2n) is 4.19. The summed E-state index contributed by atoms with van der Waals surface area (Å²) in [6.07, 6.45) is 1.12. The number of rotatable bonds is 3. The summed E-state index contributed by atoms with van der Waals surface area (Å²) in [5.41, 5.74) is 8.19. The highest BCUT2D eigenvalue weighted by Gasteiger charge is 2.09. The Hall–Kier alpha value is -1.94. The number of halogens is 1. The molecule has 0 fully saturated rings. The molecule has 0 spiro atoms. The number of hydrogen-bond acceptors (Lipinski definition) is 3. The van der Waals surface area contributed by atoms with E-state index in [1.165, 1.54) is 6.07 Å². The van der Waals surface area contributed by atoms with Crippen LogP contribution in [0.5, 0.6) is 11.6 Å². The van der Waals surface area contributed by atoms with Crippen molar-refractivity contribution in [2.75, 3.05) is 0 Å². The first-order valence-corrected chi connectivity index (χ1v) is 5.69. The standard InChI is InChI=1S/C14H15FN2O/c1-9-3-4-10(2)13(5-9)18-14-11(7-16)6-12(15)8-17-14/h3-6,8H,7,16H2,1-2H3. The molecular weight excluding hydrogens is 231 g/mol. The quantitative estimate of drug-likeness (QED) is 0.905. The molecule has 0 unspecified atom stereocenters. The van der Waals surface area contributed by atoms with Crippen molar-refractivity contribution in [1.82, 2.24) is 4.98 Å². The lowest BCUT2D eigenvalue weighted by Crippen LogP contribution is -2.02. The van der Waals surface area contributed by atoms with Gasteiger partial charge in [0, 0.05) is 12.1 Å². The number of aryl methyl sites for hydroxylation is 2. The van der Waals surface area contributed by atoms with Gasteiger partial charge in [0.1, 0.15) is 11.6 Å². The molecule has 0 bridgehead atoms. The van der Waals surface area contributed by atoms with Crippen LogP contribution in [0.3, 0.4) is 0 Å². The fraction of sp³-hybridized carbons (Fsp3) is 0.214. The van der Waals surface area contributed by atoms with Crippen molar-refractivity contribution in [2.45, 2.75) is 20.4 Å². The van der Waals surface area contributed by atoms with Crippen LogP contribution in [-0.2, 0) is 6.54 Å². The van der Waals surface area contributed by atoms with Crippen molar-refractivity contribution in [1.29, 1.82) is 0 Å². The van der Waals surface area contributed by atoms with Crippen molar-refractivity contribution in [2.24, 2.45) is 5.73 Å². The highest BCUT2D eigenvalue weighted by molar-refractivity contribution is 5.40. The summed E-state index contributed by atoms with van der Waals surface area (Å²) in [5.74, 6) is 0.653. The van der Waals surface area contributed by atoms with Gasteiger partial charge < -0.3 is 10.5 Å². The molecule has 4 heteroatoms. The van der Waals surface area contributed by atoms with E-state index in [9.17, 15) is 4.39 Å². The van der Waals surface area contributed by atoms with Crippen LogP contribution in [0, 0.1) is 19.7 Å². The van der Waals surface area contributed by atoms with Gasteiger partial charge in [-0.3, -0.25) is 0 Å². The third-order valence-corrected chi connectivity index (χ3v) is 2.66. The highest BCUT2D eigenvalue weighted by Crippen LogP contribution is 2.27. The Kier molecular flexibility index (Phi) is 3.58. The Morgan fingerprint density at radius 1 is 1.28 bits per heavy atom. The lowest BCUT2D eigenvalue weighted by atomic mass is 10.1. The molecule has 2 aromatic rings. The Balaban J connectivity index is 2.36. The number of aromatic nitrogens is 1. The van der Waals surface area contributed by atoms with E-state index in [1.807, 2.05) is 32.0 Å². The number of nitrogens with two attached hydrogens (primary N) is 1. The van der Waals surface area contributed by atoms with Crippen molar-refractivity contribution in [3.63, 3.8) is 0 Å². The first-order chi connectivity index (χ1) is 8.60. The largest absolute Gasteiger partial charge is 0.438 e. The summed E-state index contributed by atoms with van der Waals surface area (Å²) in [6.45, 7) is 4.11. The fourth-order valence-corrected chi connectivity index (χ4v) is 1.63. The van der Waals surface area contributed by atoms with E-state index in [0.29, 0.717) is 17.2 Å². The lowest BCUT2D eigenvalue weighted by Gasteiger charge is -2.11. The summed E-state index contributed by atoms with van der Waals surface area (Å²) < 4.78 is 18.8. The van der Waals surface area contributed by atoms with Gasteiger partial charge in [-0.15, -0.1) is 0 Å². The zero-order chi connectivity index (χ0) is 13.1. The van der Waals surface area contributed by atoms with Crippen LogP contribution < -0.4 is 10.5 Å². The normalized spacial score (nSPS) is 10.4. The second-order valence-corrected chi connectivity index (χ2v) is 4.19. The Morgan fingerprint density at radius 2 is 2.06 bits per heavy atom. The first-order valence-electron chi connectivity index (χ1n) is 5.69. The third-order valence-electron chi connectivity index (χ3n) is 2.66. The number of pyridine rings is 1. The van der Waals surface area contributed by atoms with E-state index in [-0.39, 0.29) is 6.54 Å². The van der Waals surface area contributed by atoms with Gasteiger partial charge >= 0.3 is 0 Å². The van der Waals surface area contributed by atoms with E-state index < -0.39 is 5.82 Å². The minimum absolute atomic E-state index is 0.185.